The molecule has 0 saturated carbocycles. The molecule has 0 spiro atoms. The van der Waals surface area contributed by atoms with Crippen molar-refractivity contribution in [1.29, 1.82) is 0 Å². The van der Waals surface area contributed by atoms with E-state index in [1.807, 2.05) is 6.07 Å². The van der Waals surface area contributed by atoms with Gasteiger partial charge in [-0.05, 0) is 30.4 Å². The smallest absolute Gasteiger partial charge is 0.229 e. The van der Waals surface area contributed by atoms with Gasteiger partial charge < -0.3 is 10.6 Å². The van der Waals surface area contributed by atoms with Gasteiger partial charge in [0.2, 0.25) is 11.8 Å². The minimum absolute atomic E-state index is 0.0144. The maximum absolute atomic E-state index is 12.3. The minimum Gasteiger partial charge on any atom is -0.355 e. The highest BCUT2D eigenvalue weighted by atomic mass is 16.2. The van der Waals surface area contributed by atoms with Gasteiger partial charge in [-0.2, -0.15) is 0 Å². The van der Waals surface area contributed by atoms with Crippen molar-refractivity contribution in [2.24, 2.45) is 5.92 Å². The maximum atomic E-state index is 12.3. The maximum Gasteiger partial charge on any atom is 0.229 e. The van der Waals surface area contributed by atoms with Crippen molar-refractivity contribution >= 4 is 17.5 Å². The number of carbonyl (C=O) groups is 2. The first-order valence-electron chi connectivity index (χ1n) is 7.34. The zero-order valence-corrected chi connectivity index (χ0v) is 12.2. The molecular weight excluding hydrogens is 252 g/mol. The molecule has 2 rings (SSSR count). The Hall–Kier alpha value is -1.84. The number of benzene rings is 1. The predicted octanol–water partition coefficient (Wildman–Crippen LogP) is 2.28. The fourth-order valence-corrected chi connectivity index (χ4v) is 2.58. The molecule has 0 bridgehead atoms. The molecule has 1 aliphatic rings. The van der Waals surface area contributed by atoms with Crippen molar-refractivity contribution in [2.45, 2.75) is 39.5 Å². The number of rotatable bonds is 4. The van der Waals surface area contributed by atoms with Crippen LogP contribution >= 0.6 is 0 Å². The Bertz CT molecular complexity index is 479. The van der Waals surface area contributed by atoms with Gasteiger partial charge in [0.1, 0.15) is 0 Å². The lowest BCUT2D eigenvalue weighted by atomic mass is 9.97. The molecule has 1 saturated heterocycles. The fourth-order valence-electron chi connectivity index (χ4n) is 2.58. The Morgan fingerprint density at radius 3 is 2.45 bits per heavy atom. The van der Waals surface area contributed by atoms with Crippen LogP contribution < -0.4 is 10.6 Å². The number of para-hydroxylation sites is 1. The third kappa shape index (κ3) is 3.18. The van der Waals surface area contributed by atoms with Crippen molar-refractivity contribution in [1.82, 2.24) is 5.32 Å². The van der Waals surface area contributed by atoms with Crippen molar-refractivity contribution in [2.75, 3.05) is 11.9 Å². The largest absolute Gasteiger partial charge is 0.355 e. The van der Waals surface area contributed by atoms with Gasteiger partial charge >= 0.3 is 0 Å². The van der Waals surface area contributed by atoms with Crippen molar-refractivity contribution in [3.63, 3.8) is 0 Å². The van der Waals surface area contributed by atoms with Gasteiger partial charge in [0.05, 0.1) is 5.92 Å². The summed E-state index contributed by atoms with van der Waals surface area (Å²) in [7, 11) is 0. The summed E-state index contributed by atoms with van der Waals surface area (Å²) in [6.45, 7) is 4.62. The molecule has 2 N–H and O–H groups in total. The summed E-state index contributed by atoms with van der Waals surface area (Å²) in [4.78, 5) is 23.5. The summed E-state index contributed by atoms with van der Waals surface area (Å²) in [6.07, 6.45) is 2.86. The molecule has 2 amide bonds. The van der Waals surface area contributed by atoms with Gasteiger partial charge in [-0.1, -0.05) is 32.0 Å². The summed E-state index contributed by atoms with van der Waals surface area (Å²) < 4.78 is 0. The number of hydrogen-bond acceptors (Lipinski definition) is 2. The molecular formula is C16H22N2O2. The van der Waals surface area contributed by atoms with Gasteiger partial charge in [0.15, 0.2) is 0 Å². The van der Waals surface area contributed by atoms with Crippen LogP contribution in [0.25, 0.3) is 0 Å². The molecule has 1 fully saturated rings. The van der Waals surface area contributed by atoms with Crippen LogP contribution in [-0.4, -0.2) is 18.4 Å². The molecule has 0 aliphatic carbocycles. The van der Waals surface area contributed by atoms with Crippen LogP contribution in [0.15, 0.2) is 18.2 Å². The van der Waals surface area contributed by atoms with Crippen molar-refractivity contribution in [3.05, 3.63) is 29.3 Å². The third-order valence-electron chi connectivity index (χ3n) is 3.88. The Kier molecular flexibility index (Phi) is 4.77. The topological polar surface area (TPSA) is 58.2 Å². The molecule has 1 atom stereocenters. The van der Waals surface area contributed by atoms with E-state index in [0.717, 1.165) is 29.7 Å². The summed E-state index contributed by atoms with van der Waals surface area (Å²) in [5.74, 6) is -0.0693. The fraction of sp³-hybridized carbons (Fsp3) is 0.500. The zero-order chi connectivity index (χ0) is 14.5. The quantitative estimate of drug-likeness (QED) is 0.885. The number of hydrogen-bond donors (Lipinski definition) is 2. The first kappa shape index (κ1) is 14.6. The van der Waals surface area contributed by atoms with Gasteiger partial charge in [-0.25, -0.2) is 0 Å². The monoisotopic (exact) mass is 274 g/mol. The van der Waals surface area contributed by atoms with Gasteiger partial charge in [0.25, 0.3) is 0 Å². The summed E-state index contributed by atoms with van der Waals surface area (Å²) >= 11 is 0. The van der Waals surface area contributed by atoms with Crippen molar-refractivity contribution in [3.8, 4) is 0 Å². The molecule has 0 radical (unpaired) electrons. The van der Waals surface area contributed by atoms with E-state index in [2.05, 4.69) is 36.6 Å². The number of aryl methyl sites for hydroxylation is 2. The van der Waals surface area contributed by atoms with Gasteiger partial charge in [0, 0.05) is 18.7 Å². The molecule has 1 unspecified atom stereocenters. The normalized spacial score (nSPS) is 18.5. The second-order valence-corrected chi connectivity index (χ2v) is 5.19. The second-order valence-electron chi connectivity index (χ2n) is 5.19. The minimum atomic E-state index is -0.123. The van der Waals surface area contributed by atoms with Crippen LogP contribution in [0.3, 0.4) is 0 Å². The molecule has 1 aromatic rings. The summed E-state index contributed by atoms with van der Waals surface area (Å²) in [6, 6.07) is 6.14. The van der Waals surface area contributed by atoms with E-state index in [1.165, 1.54) is 0 Å². The Morgan fingerprint density at radius 1 is 1.30 bits per heavy atom. The van der Waals surface area contributed by atoms with Crippen molar-refractivity contribution < 1.29 is 9.59 Å². The Morgan fingerprint density at radius 2 is 1.95 bits per heavy atom. The molecule has 20 heavy (non-hydrogen) atoms. The van der Waals surface area contributed by atoms with Crippen LogP contribution in [-0.2, 0) is 22.4 Å². The lowest BCUT2D eigenvalue weighted by Crippen LogP contribution is -2.40. The van der Waals surface area contributed by atoms with Gasteiger partial charge in [-0.3, -0.25) is 9.59 Å². The third-order valence-corrected chi connectivity index (χ3v) is 3.88. The van der Waals surface area contributed by atoms with E-state index in [4.69, 9.17) is 0 Å². The van der Waals surface area contributed by atoms with E-state index in [1.54, 1.807) is 0 Å². The number of piperidine rings is 1. The Balaban J connectivity index is 2.13. The van der Waals surface area contributed by atoms with Crippen LogP contribution in [0, 0.1) is 5.92 Å². The Labute approximate surface area is 119 Å². The lowest BCUT2D eigenvalue weighted by molar-refractivity contribution is -0.126. The number of nitrogens with one attached hydrogen (secondary N) is 2. The first-order valence-corrected chi connectivity index (χ1v) is 7.34. The second kappa shape index (κ2) is 6.55. The molecule has 108 valence electrons. The van der Waals surface area contributed by atoms with E-state index in [-0.39, 0.29) is 17.7 Å². The van der Waals surface area contributed by atoms with Crippen LogP contribution in [0.4, 0.5) is 5.69 Å². The number of amides is 2. The van der Waals surface area contributed by atoms with Gasteiger partial charge in [-0.15, -0.1) is 0 Å². The van der Waals surface area contributed by atoms with Crippen LogP contribution in [0.1, 0.15) is 37.8 Å². The van der Waals surface area contributed by atoms with E-state index >= 15 is 0 Å². The highest BCUT2D eigenvalue weighted by Crippen LogP contribution is 2.24. The average molecular weight is 274 g/mol. The zero-order valence-electron chi connectivity index (χ0n) is 12.2. The first-order chi connectivity index (χ1) is 9.65. The molecule has 4 heteroatoms. The highest BCUT2D eigenvalue weighted by Gasteiger charge is 2.25. The predicted molar refractivity (Wildman–Crippen MR) is 79.6 cm³/mol. The molecule has 1 aromatic carbocycles. The SMILES string of the molecule is CCc1cccc(CC)c1NC(=O)C1CCC(=O)NC1. The number of anilines is 1. The molecule has 1 heterocycles. The molecule has 4 nitrogen and oxygen atoms in total. The summed E-state index contributed by atoms with van der Waals surface area (Å²) in [5.41, 5.74) is 3.29. The molecule has 1 aliphatic heterocycles. The van der Waals surface area contributed by atoms with Crippen LogP contribution in [0.5, 0.6) is 0 Å². The van der Waals surface area contributed by atoms with E-state index in [0.29, 0.717) is 19.4 Å². The van der Waals surface area contributed by atoms with E-state index in [9.17, 15) is 9.59 Å². The summed E-state index contributed by atoms with van der Waals surface area (Å²) in [5, 5.41) is 5.83. The molecule has 0 aromatic heterocycles. The standard InChI is InChI=1S/C16H22N2O2/c1-3-11-6-5-7-12(4-2)15(11)18-16(20)13-8-9-14(19)17-10-13/h5-7,13H,3-4,8-10H2,1-2H3,(H,17,19)(H,18,20). The lowest BCUT2D eigenvalue weighted by Gasteiger charge is -2.23. The average Bonchev–Trinajstić information content (AvgIpc) is 2.48. The van der Waals surface area contributed by atoms with Crippen LogP contribution in [0.2, 0.25) is 0 Å². The highest BCUT2D eigenvalue weighted by molar-refractivity contribution is 5.95. The number of carbonyl (C=O) groups excluding carboxylic acids is 2. The van der Waals surface area contributed by atoms with E-state index < -0.39 is 0 Å².